The number of urea groups is 1. The summed E-state index contributed by atoms with van der Waals surface area (Å²) in [5.41, 5.74) is 5.80. The van der Waals surface area contributed by atoms with Gasteiger partial charge in [-0.1, -0.05) is 0 Å². The molecule has 4 N–H and O–H groups in total. The van der Waals surface area contributed by atoms with Gasteiger partial charge >= 0.3 is 6.03 Å². The molecule has 3 amide bonds. The molecule has 1 saturated heterocycles. The van der Waals surface area contributed by atoms with E-state index < -0.39 is 12.1 Å². The highest BCUT2D eigenvalue weighted by molar-refractivity contribution is 6.05. The van der Waals surface area contributed by atoms with Crippen molar-refractivity contribution >= 4 is 11.9 Å². The quantitative estimate of drug-likeness (QED) is 0.427. The Morgan fingerprint density at radius 1 is 1.64 bits per heavy atom. The monoisotopic (exact) mass is 155 g/mol. The Morgan fingerprint density at radius 2 is 2.27 bits per heavy atom. The van der Waals surface area contributed by atoms with Gasteiger partial charge in [0.1, 0.15) is 6.04 Å². The summed E-state index contributed by atoms with van der Waals surface area (Å²) in [6.07, 6.45) is 1.30. The number of hydrogen-bond acceptors (Lipinski definition) is 3. The molecule has 0 aromatic heterocycles. The summed E-state index contributed by atoms with van der Waals surface area (Å²) < 4.78 is 0. The van der Waals surface area contributed by atoms with Crippen molar-refractivity contribution in [3.05, 3.63) is 11.8 Å². The fraction of sp³-hybridized carbons (Fsp3) is 0.333. The molecule has 1 fully saturated rings. The zero-order valence-electron chi connectivity index (χ0n) is 6.05. The van der Waals surface area contributed by atoms with Crippen LogP contribution in [0.25, 0.3) is 0 Å². The summed E-state index contributed by atoms with van der Waals surface area (Å²) in [6, 6.07) is -1.06. The lowest BCUT2D eigenvalue weighted by Gasteiger charge is -2.04. The maximum absolute atomic E-state index is 10.9. The Hall–Kier alpha value is -1.52. The molecule has 1 aliphatic rings. The average Bonchev–Trinajstić information content (AvgIpc) is 2.28. The van der Waals surface area contributed by atoms with Crippen molar-refractivity contribution in [3.63, 3.8) is 0 Å². The lowest BCUT2D eigenvalue weighted by Crippen LogP contribution is -2.30. The molecule has 1 heterocycles. The Labute approximate surface area is 63.6 Å². The summed E-state index contributed by atoms with van der Waals surface area (Å²) in [7, 11) is 0. The molecule has 5 heteroatoms. The molecule has 0 unspecified atom stereocenters. The summed E-state index contributed by atoms with van der Waals surface area (Å²) in [5.74, 6) is -0.353. The van der Waals surface area contributed by atoms with Crippen molar-refractivity contribution in [2.75, 3.05) is 0 Å². The summed E-state index contributed by atoms with van der Waals surface area (Å²) >= 11 is 0. The number of imide groups is 1. The molecule has 1 aliphatic heterocycles. The van der Waals surface area contributed by atoms with Gasteiger partial charge in [-0.25, -0.2) is 4.79 Å². The van der Waals surface area contributed by atoms with E-state index in [2.05, 4.69) is 10.6 Å². The second kappa shape index (κ2) is 2.61. The van der Waals surface area contributed by atoms with Crippen molar-refractivity contribution in [2.45, 2.75) is 13.0 Å². The van der Waals surface area contributed by atoms with Crippen LogP contribution in [0.15, 0.2) is 11.8 Å². The normalized spacial score (nSPS) is 24.8. The van der Waals surface area contributed by atoms with Gasteiger partial charge in [-0.2, -0.15) is 0 Å². The minimum atomic E-state index is -0.590. The molecule has 1 rings (SSSR count). The van der Waals surface area contributed by atoms with Crippen molar-refractivity contribution in [3.8, 4) is 0 Å². The number of nitrogens with one attached hydrogen (secondary N) is 2. The lowest BCUT2D eigenvalue weighted by molar-refractivity contribution is -0.119. The Kier molecular flexibility index (Phi) is 1.80. The van der Waals surface area contributed by atoms with Crippen LogP contribution < -0.4 is 16.4 Å². The predicted octanol–water partition coefficient (Wildman–Crippen LogP) is -0.943. The third-order valence-corrected chi connectivity index (χ3v) is 1.49. The highest BCUT2D eigenvalue weighted by Gasteiger charge is 2.30. The standard InChI is InChI=1S/C6H9N3O2/c1-3(2-7)4-5(10)9-6(11)8-4/h2,4H,7H2,1H3,(H2,8,9,10,11)/b3-2+/t4-/m0/s1. The topological polar surface area (TPSA) is 84.2 Å². The number of hydrogen-bond donors (Lipinski definition) is 3. The van der Waals surface area contributed by atoms with E-state index in [-0.39, 0.29) is 5.91 Å². The second-order valence-corrected chi connectivity index (χ2v) is 2.31. The van der Waals surface area contributed by atoms with E-state index >= 15 is 0 Å². The van der Waals surface area contributed by atoms with Gasteiger partial charge in [0.15, 0.2) is 0 Å². The molecule has 0 radical (unpaired) electrons. The maximum atomic E-state index is 10.9. The number of nitrogens with two attached hydrogens (primary N) is 1. The molecule has 60 valence electrons. The number of carbonyl (C=O) groups excluding carboxylic acids is 2. The molecular formula is C6H9N3O2. The third-order valence-electron chi connectivity index (χ3n) is 1.49. The van der Waals surface area contributed by atoms with E-state index in [9.17, 15) is 9.59 Å². The van der Waals surface area contributed by atoms with Crippen LogP contribution in [0.5, 0.6) is 0 Å². The number of carbonyl (C=O) groups is 2. The van der Waals surface area contributed by atoms with Crippen LogP contribution in [0.4, 0.5) is 4.79 Å². The zero-order valence-corrected chi connectivity index (χ0v) is 6.05. The van der Waals surface area contributed by atoms with Crippen LogP contribution in [-0.2, 0) is 4.79 Å². The molecule has 0 spiro atoms. The van der Waals surface area contributed by atoms with E-state index in [1.807, 2.05) is 0 Å². The van der Waals surface area contributed by atoms with E-state index in [0.29, 0.717) is 5.57 Å². The molecule has 0 aromatic carbocycles. The first-order chi connectivity index (χ1) is 5.15. The van der Waals surface area contributed by atoms with Gasteiger partial charge in [0.05, 0.1) is 0 Å². The highest BCUT2D eigenvalue weighted by atomic mass is 16.2. The first-order valence-corrected chi connectivity index (χ1v) is 3.15. The van der Waals surface area contributed by atoms with Crippen molar-refractivity contribution in [1.82, 2.24) is 10.6 Å². The maximum Gasteiger partial charge on any atom is 0.322 e. The smallest absolute Gasteiger partial charge is 0.322 e. The number of amides is 3. The van der Waals surface area contributed by atoms with Crippen molar-refractivity contribution in [1.29, 1.82) is 0 Å². The molecule has 0 bridgehead atoms. The summed E-state index contributed by atoms with van der Waals surface area (Å²) in [6.45, 7) is 1.68. The fourth-order valence-corrected chi connectivity index (χ4v) is 0.834. The Morgan fingerprint density at radius 3 is 2.64 bits per heavy atom. The van der Waals surface area contributed by atoms with Gasteiger partial charge in [-0.15, -0.1) is 0 Å². The summed E-state index contributed by atoms with van der Waals surface area (Å²) in [4.78, 5) is 21.5. The minimum Gasteiger partial charge on any atom is -0.405 e. The summed E-state index contributed by atoms with van der Waals surface area (Å²) in [5, 5.41) is 4.50. The van der Waals surface area contributed by atoms with Gasteiger partial charge in [-0.05, 0) is 18.7 Å². The van der Waals surface area contributed by atoms with Crippen molar-refractivity contribution < 1.29 is 9.59 Å². The van der Waals surface area contributed by atoms with Gasteiger partial charge in [0, 0.05) is 0 Å². The van der Waals surface area contributed by atoms with Gasteiger partial charge < -0.3 is 11.1 Å². The number of rotatable bonds is 1. The van der Waals surface area contributed by atoms with Crippen molar-refractivity contribution in [2.24, 2.45) is 5.73 Å². The van der Waals surface area contributed by atoms with Crippen LogP contribution in [0, 0.1) is 0 Å². The average molecular weight is 155 g/mol. The van der Waals surface area contributed by atoms with Gasteiger partial charge in [0.25, 0.3) is 5.91 Å². The van der Waals surface area contributed by atoms with E-state index in [0.717, 1.165) is 0 Å². The van der Waals surface area contributed by atoms with Crippen LogP contribution >= 0.6 is 0 Å². The van der Waals surface area contributed by atoms with Crippen LogP contribution in [0.1, 0.15) is 6.92 Å². The highest BCUT2D eigenvalue weighted by Crippen LogP contribution is 2.03. The van der Waals surface area contributed by atoms with Gasteiger partial charge in [-0.3, -0.25) is 10.1 Å². The minimum absolute atomic E-state index is 0.353. The molecule has 5 nitrogen and oxygen atoms in total. The van der Waals surface area contributed by atoms with E-state index in [1.165, 1.54) is 6.20 Å². The molecular weight excluding hydrogens is 146 g/mol. The Balaban J connectivity index is 2.75. The fourth-order valence-electron chi connectivity index (χ4n) is 0.834. The van der Waals surface area contributed by atoms with E-state index in [4.69, 9.17) is 5.73 Å². The molecule has 0 aromatic rings. The van der Waals surface area contributed by atoms with E-state index in [1.54, 1.807) is 6.92 Å². The van der Waals surface area contributed by atoms with Crippen LogP contribution in [0.3, 0.4) is 0 Å². The molecule has 0 saturated carbocycles. The lowest BCUT2D eigenvalue weighted by atomic mass is 10.1. The van der Waals surface area contributed by atoms with Crippen LogP contribution in [0.2, 0.25) is 0 Å². The first kappa shape index (κ1) is 7.59. The Bertz CT molecular complexity index is 234. The molecule has 0 aliphatic carbocycles. The first-order valence-electron chi connectivity index (χ1n) is 3.15. The molecule has 1 atom stereocenters. The van der Waals surface area contributed by atoms with Crippen LogP contribution in [-0.4, -0.2) is 18.0 Å². The second-order valence-electron chi connectivity index (χ2n) is 2.31. The SMILES string of the molecule is C/C(=C\N)[C@@H]1NC(=O)NC1=O. The third kappa shape index (κ3) is 1.31. The molecule has 11 heavy (non-hydrogen) atoms. The van der Waals surface area contributed by atoms with Gasteiger partial charge in [0.2, 0.25) is 0 Å². The largest absolute Gasteiger partial charge is 0.405 e. The zero-order chi connectivity index (χ0) is 8.43. The predicted molar refractivity (Wildman–Crippen MR) is 38.4 cm³/mol.